The average molecular weight is 319 g/mol. The first-order chi connectivity index (χ1) is 10.8. The van der Waals surface area contributed by atoms with Gasteiger partial charge in [0, 0.05) is 18.7 Å². The van der Waals surface area contributed by atoms with E-state index in [0.29, 0.717) is 30.7 Å². The summed E-state index contributed by atoms with van der Waals surface area (Å²) in [5, 5.41) is 9.29. The third-order valence-electron chi connectivity index (χ3n) is 4.17. The van der Waals surface area contributed by atoms with Gasteiger partial charge in [0.05, 0.1) is 5.41 Å². The maximum atomic E-state index is 12.2. The number of carboxylic acid groups (broad SMARTS) is 1. The Morgan fingerprint density at radius 2 is 2.09 bits per heavy atom. The number of Topliss-reactive ketones (excluding diaryl/α,β-unsaturated/α-hetero) is 1. The molecule has 1 aromatic rings. The van der Waals surface area contributed by atoms with Crippen molar-refractivity contribution in [1.82, 2.24) is 4.90 Å². The van der Waals surface area contributed by atoms with Crippen LogP contribution < -0.4 is 4.74 Å². The first kappa shape index (κ1) is 17.0. The standard InChI is InChI=1S/C17H21NO5/c1-12(19)13-5-3-6-14(9-13)23-10-15(20)18-8-4-7-17(2,11-18)16(21)22/h3,5-6,9H,4,7-8,10-11H2,1-2H3,(H,21,22). The lowest BCUT2D eigenvalue weighted by Crippen LogP contribution is -2.49. The minimum absolute atomic E-state index is 0.0740. The van der Waals surface area contributed by atoms with Gasteiger partial charge in [-0.25, -0.2) is 0 Å². The van der Waals surface area contributed by atoms with Gasteiger partial charge in [-0.2, -0.15) is 0 Å². The van der Waals surface area contributed by atoms with Gasteiger partial charge in [-0.3, -0.25) is 14.4 Å². The van der Waals surface area contributed by atoms with Crippen LogP contribution >= 0.6 is 0 Å². The second kappa shape index (κ2) is 6.81. The molecule has 1 amide bonds. The smallest absolute Gasteiger partial charge is 0.311 e. The number of ketones is 1. The Morgan fingerprint density at radius 1 is 1.35 bits per heavy atom. The summed E-state index contributed by atoms with van der Waals surface area (Å²) in [5.74, 6) is -0.755. The zero-order valence-corrected chi connectivity index (χ0v) is 13.4. The number of piperidine rings is 1. The van der Waals surface area contributed by atoms with Gasteiger partial charge in [-0.05, 0) is 38.8 Å². The maximum absolute atomic E-state index is 12.2. The Bertz CT molecular complexity index is 627. The molecule has 1 unspecified atom stereocenters. The number of amides is 1. The van der Waals surface area contributed by atoms with E-state index in [2.05, 4.69) is 0 Å². The number of benzene rings is 1. The second-order valence-corrected chi connectivity index (χ2v) is 6.16. The fraction of sp³-hybridized carbons (Fsp3) is 0.471. The summed E-state index contributed by atoms with van der Waals surface area (Å²) in [6.07, 6.45) is 1.22. The largest absolute Gasteiger partial charge is 0.484 e. The fourth-order valence-electron chi connectivity index (χ4n) is 2.67. The Morgan fingerprint density at radius 3 is 2.74 bits per heavy atom. The zero-order chi connectivity index (χ0) is 17.0. The Labute approximate surface area is 135 Å². The van der Waals surface area contributed by atoms with Crippen LogP contribution in [-0.4, -0.2) is 47.4 Å². The van der Waals surface area contributed by atoms with Crippen LogP contribution in [0.2, 0.25) is 0 Å². The predicted molar refractivity (Wildman–Crippen MR) is 83.5 cm³/mol. The molecule has 0 aliphatic carbocycles. The van der Waals surface area contributed by atoms with Crippen LogP contribution in [0.5, 0.6) is 5.75 Å². The van der Waals surface area contributed by atoms with Gasteiger partial charge in [-0.1, -0.05) is 12.1 Å². The second-order valence-electron chi connectivity index (χ2n) is 6.16. The molecule has 23 heavy (non-hydrogen) atoms. The number of carbonyl (C=O) groups excluding carboxylic acids is 2. The minimum atomic E-state index is -0.900. The Balaban J connectivity index is 1.96. The van der Waals surface area contributed by atoms with Crippen LogP contribution in [0.3, 0.4) is 0 Å². The van der Waals surface area contributed by atoms with Crippen LogP contribution in [0.15, 0.2) is 24.3 Å². The number of carbonyl (C=O) groups is 3. The van der Waals surface area contributed by atoms with E-state index in [1.807, 2.05) is 0 Å². The Hall–Kier alpha value is -2.37. The molecule has 0 bridgehead atoms. The van der Waals surface area contributed by atoms with E-state index in [1.165, 1.54) is 11.8 Å². The van der Waals surface area contributed by atoms with Crippen LogP contribution in [0.4, 0.5) is 0 Å². The van der Waals surface area contributed by atoms with E-state index >= 15 is 0 Å². The predicted octanol–water partition coefficient (Wildman–Crippen LogP) is 1.98. The molecule has 1 fully saturated rings. The summed E-state index contributed by atoms with van der Waals surface area (Å²) in [6.45, 7) is 3.68. The molecule has 6 nitrogen and oxygen atoms in total. The molecule has 124 valence electrons. The number of nitrogens with zero attached hydrogens (tertiary/aromatic N) is 1. The third kappa shape index (κ3) is 4.09. The van der Waals surface area contributed by atoms with Crippen LogP contribution in [-0.2, 0) is 9.59 Å². The van der Waals surface area contributed by atoms with Crippen molar-refractivity contribution in [1.29, 1.82) is 0 Å². The SMILES string of the molecule is CC(=O)c1cccc(OCC(=O)N2CCCC(C)(C(=O)O)C2)c1. The van der Waals surface area contributed by atoms with Gasteiger partial charge in [0.1, 0.15) is 5.75 Å². The number of ether oxygens (including phenoxy) is 1. The Kier molecular flexibility index (Phi) is 5.03. The minimum Gasteiger partial charge on any atom is -0.484 e. The van der Waals surface area contributed by atoms with Gasteiger partial charge < -0.3 is 14.7 Å². The van der Waals surface area contributed by atoms with Crippen LogP contribution in [0.1, 0.15) is 37.0 Å². The van der Waals surface area contributed by atoms with Crippen molar-refractivity contribution < 1.29 is 24.2 Å². The number of carboxylic acids is 1. The van der Waals surface area contributed by atoms with E-state index in [4.69, 9.17) is 4.74 Å². The molecule has 1 aromatic carbocycles. The molecular formula is C17H21NO5. The number of likely N-dealkylation sites (tertiary alicyclic amines) is 1. The normalized spacial score (nSPS) is 20.9. The van der Waals surface area contributed by atoms with Gasteiger partial charge in [0.2, 0.25) is 0 Å². The monoisotopic (exact) mass is 319 g/mol. The fourth-order valence-corrected chi connectivity index (χ4v) is 2.67. The highest BCUT2D eigenvalue weighted by Crippen LogP contribution is 2.29. The highest BCUT2D eigenvalue weighted by Gasteiger charge is 2.39. The first-order valence-corrected chi connectivity index (χ1v) is 7.57. The molecule has 2 rings (SSSR count). The van der Waals surface area contributed by atoms with Gasteiger partial charge in [-0.15, -0.1) is 0 Å². The number of rotatable bonds is 5. The van der Waals surface area contributed by atoms with Gasteiger partial charge in [0.25, 0.3) is 5.91 Å². The number of hydrogen-bond acceptors (Lipinski definition) is 4. The quantitative estimate of drug-likeness (QED) is 0.839. The molecule has 6 heteroatoms. The summed E-state index contributed by atoms with van der Waals surface area (Å²) in [7, 11) is 0. The average Bonchev–Trinajstić information content (AvgIpc) is 2.52. The maximum Gasteiger partial charge on any atom is 0.311 e. The van der Waals surface area contributed by atoms with E-state index in [1.54, 1.807) is 31.2 Å². The van der Waals surface area contributed by atoms with E-state index in [0.717, 1.165) is 0 Å². The molecule has 1 aliphatic heterocycles. The van der Waals surface area contributed by atoms with E-state index in [9.17, 15) is 19.5 Å². The van der Waals surface area contributed by atoms with Gasteiger partial charge >= 0.3 is 5.97 Å². The van der Waals surface area contributed by atoms with Gasteiger partial charge in [0.15, 0.2) is 12.4 Å². The number of hydrogen-bond donors (Lipinski definition) is 1. The summed E-state index contributed by atoms with van der Waals surface area (Å²) >= 11 is 0. The highest BCUT2D eigenvalue weighted by molar-refractivity contribution is 5.94. The molecule has 1 N–H and O–H groups in total. The summed E-state index contributed by atoms with van der Waals surface area (Å²) in [6, 6.07) is 6.64. The first-order valence-electron chi connectivity index (χ1n) is 7.57. The lowest BCUT2D eigenvalue weighted by molar-refractivity contribution is -0.153. The van der Waals surface area contributed by atoms with Crippen molar-refractivity contribution in [3.63, 3.8) is 0 Å². The van der Waals surface area contributed by atoms with E-state index in [-0.39, 0.29) is 24.8 Å². The summed E-state index contributed by atoms with van der Waals surface area (Å²) in [4.78, 5) is 36.4. The van der Waals surface area contributed by atoms with Crippen LogP contribution in [0, 0.1) is 5.41 Å². The van der Waals surface area contributed by atoms with Crippen molar-refractivity contribution in [3.05, 3.63) is 29.8 Å². The molecule has 1 heterocycles. The molecule has 1 aliphatic rings. The summed E-state index contributed by atoms with van der Waals surface area (Å²) < 4.78 is 5.45. The molecule has 0 saturated carbocycles. The molecule has 1 saturated heterocycles. The highest BCUT2D eigenvalue weighted by atomic mass is 16.5. The number of aliphatic carboxylic acids is 1. The molecule has 0 radical (unpaired) electrons. The van der Waals surface area contributed by atoms with Crippen molar-refractivity contribution in [2.75, 3.05) is 19.7 Å². The van der Waals surface area contributed by atoms with Crippen molar-refractivity contribution in [2.24, 2.45) is 5.41 Å². The van der Waals surface area contributed by atoms with Crippen molar-refractivity contribution in [2.45, 2.75) is 26.7 Å². The van der Waals surface area contributed by atoms with Crippen molar-refractivity contribution in [3.8, 4) is 5.75 Å². The lowest BCUT2D eigenvalue weighted by atomic mass is 9.82. The molecule has 0 aromatic heterocycles. The van der Waals surface area contributed by atoms with E-state index < -0.39 is 11.4 Å². The molecule has 0 spiro atoms. The molecule has 1 atom stereocenters. The third-order valence-corrected chi connectivity index (χ3v) is 4.17. The summed E-state index contributed by atoms with van der Waals surface area (Å²) in [5.41, 5.74) is -0.381. The topological polar surface area (TPSA) is 83.9 Å². The zero-order valence-electron chi connectivity index (χ0n) is 13.4. The van der Waals surface area contributed by atoms with Crippen LogP contribution in [0.25, 0.3) is 0 Å². The molecular weight excluding hydrogens is 298 g/mol. The lowest BCUT2D eigenvalue weighted by Gasteiger charge is -2.37. The van der Waals surface area contributed by atoms with Crippen molar-refractivity contribution >= 4 is 17.7 Å².